The monoisotopic (exact) mass is 437 g/mol. The summed E-state index contributed by atoms with van der Waals surface area (Å²) in [5.74, 6) is -2.95. The number of hydrogen-bond donors (Lipinski definition) is 3. The van der Waals surface area contributed by atoms with Gasteiger partial charge in [-0.1, -0.05) is 44.7 Å². The topological polar surface area (TPSA) is 88.1 Å². The van der Waals surface area contributed by atoms with Gasteiger partial charge in [0, 0.05) is 28.8 Å². The largest absolute Gasteiger partial charge is 0.322 e. The van der Waals surface area contributed by atoms with Gasteiger partial charge in [-0.05, 0) is 19.1 Å². The molecule has 0 radical (unpaired) electrons. The number of hydrogen-bond acceptors (Lipinski definition) is 5. The molecule has 3 N–H and O–H groups in total. The molecule has 162 valence electrons. The van der Waals surface area contributed by atoms with Crippen molar-refractivity contribution >= 4 is 29.4 Å². The summed E-state index contributed by atoms with van der Waals surface area (Å²) in [6.45, 7) is 7.83. The van der Waals surface area contributed by atoms with Gasteiger partial charge in [-0.2, -0.15) is 13.9 Å². The number of halogens is 2. The minimum Gasteiger partial charge on any atom is -0.322 e. The van der Waals surface area contributed by atoms with Crippen molar-refractivity contribution in [1.29, 1.82) is 0 Å². The first-order valence-electron chi connectivity index (χ1n) is 9.55. The van der Waals surface area contributed by atoms with Gasteiger partial charge in [0.1, 0.15) is 5.82 Å². The number of carbonyl (C=O) groups excluding carboxylic acids is 2. The molecule has 1 aromatic carbocycles. The normalized spacial score (nSPS) is 19.6. The van der Waals surface area contributed by atoms with Crippen LogP contribution in [0.4, 0.5) is 14.6 Å². The van der Waals surface area contributed by atoms with Gasteiger partial charge >= 0.3 is 0 Å². The lowest BCUT2D eigenvalue weighted by molar-refractivity contribution is -0.125. The average Bonchev–Trinajstić information content (AvgIpc) is 3.05. The van der Waals surface area contributed by atoms with Crippen LogP contribution in [0.1, 0.15) is 56.5 Å². The van der Waals surface area contributed by atoms with E-state index in [1.807, 2.05) is 27.7 Å². The van der Waals surface area contributed by atoms with Crippen molar-refractivity contribution in [1.82, 2.24) is 20.4 Å². The van der Waals surface area contributed by atoms with Crippen molar-refractivity contribution < 1.29 is 18.4 Å². The minimum atomic E-state index is -2.64. The second-order valence-electron chi connectivity index (χ2n) is 8.18. The molecule has 1 aliphatic rings. The van der Waals surface area contributed by atoms with E-state index in [2.05, 4.69) is 21.0 Å². The van der Waals surface area contributed by atoms with Crippen LogP contribution in [0, 0.1) is 0 Å². The number of nitrogens with one attached hydrogen (secondary N) is 3. The second kappa shape index (κ2) is 8.73. The maximum atomic E-state index is 12.9. The zero-order valence-electron chi connectivity index (χ0n) is 17.2. The smallest absolute Gasteiger partial charge is 0.288 e. The molecule has 0 spiro atoms. The van der Waals surface area contributed by atoms with Gasteiger partial charge in [0.05, 0.1) is 11.3 Å². The van der Waals surface area contributed by atoms with Crippen LogP contribution >= 0.6 is 11.8 Å². The third-order valence-electron chi connectivity index (χ3n) is 4.57. The average molecular weight is 438 g/mol. The van der Waals surface area contributed by atoms with E-state index in [9.17, 15) is 18.4 Å². The lowest BCUT2D eigenvalue weighted by Gasteiger charge is -2.30. The Morgan fingerprint density at radius 1 is 1.33 bits per heavy atom. The molecule has 7 nitrogen and oxygen atoms in total. The number of aromatic nitrogens is 2. The highest BCUT2D eigenvalue weighted by Crippen LogP contribution is 2.30. The molecule has 2 unspecified atom stereocenters. The number of amides is 2. The Morgan fingerprint density at radius 3 is 2.67 bits per heavy atom. The Balaban J connectivity index is 1.94. The molecule has 0 saturated carbocycles. The van der Waals surface area contributed by atoms with Crippen molar-refractivity contribution in [3.05, 3.63) is 41.6 Å². The number of thioether (sulfide) groups is 1. The summed E-state index contributed by atoms with van der Waals surface area (Å²) in [5.41, 5.74) is 0.544. The van der Waals surface area contributed by atoms with E-state index in [1.54, 1.807) is 18.2 Å². The van der Waals surface area contributed by atoms with E-state index in [1.165, 1.54) is 16.8 Å². The third kappa shape index (κ3) is 5.17. The van der Waals surface area contributed by atoms with Crippen LogP contribution in [0.2, 0.25) is 0 Å². The number of carbonyl (C=O) groups is 2. The van der Waals surface area contributed by atoms with E-state index in [0.29, 0.717) is 29.7 Å². The fourth-order valence-corrected chi connectivity index (χ4v) is 3.72. The molecule has 2 aromatic rings. The molecule has 1 saturated heterocycles. The lowest BCUT2D eigenvalue weighted by atomic mass is 9.92. The molecule has 1 aliphatic heterocycles. The van der Waals surface area contributed by atoms with Crippen molar-refractivity contribution in [2.24, 2.45) is 0 Å². The van der Waals surface area contributed by atoms with Crippen LogP contribution in [0.3, 0.4) is 0 Å². The summed E-state index contributed by atoms with van der Waals surface area (Å²) < 4.78 is 27.3. The first-order valence-corrected chi connectivity index (χ1v) is 10.4. The number of alkyl halides is 2. The second-order valence-corrected chi connectivity index (χ2v) is 9.21. The summed E-state index contributed by atoms with van der Waals surface area (Å²) in [6.07, 6.45) is -0.303. The number of nitrogens with zero attached hydrogens (tertiary/aromatic N) is 2. The van der Waals surface area contributed by atoms with Crippen LogP contribution in [0.15, 0.2) is 35.2 Å². The van der Waals surface area contributed by atoms with Crippen molar-refractivity contribution in [3.8, 4) is 0 Å². The molecule has 0 aliphatic carbocycles. The zero-order valence-corrected chi connectivity index (χ0v) is 18.0. The van der Waals surface area contributed by atoms with Gasteiger partial charge in [0.25, 0.3) is 11.7 Å². The molecule has 10 heteroatoms. The van der Waals surface area contributed by atoms with E-state index in [0.717, 1.165) is 0 Å². The Labute approximate surface area is 178 Å². The third-order valence-corrected chi connectivity index (χ3v) is 5.36. The highest BCUT2D eigenvalue weighted by atomic mass is 32.2. The Bertz CT molecular complexity index is 942. The summed E-state index contributed by atoms with van der Waals surface area (Å²) in [6, 6.07) is 7.85. The van der Waals surface area contributed by atoms with Crippen molar-refractivity contribution in [2.75, 3.05) is 5.32 Å². The predicted octanol–water partition coefficient (Wildman–Crippen LogP) is 3.70. The maximum absolute atomic E-state index is 12.9. The zero-order chi connectivity index (χ0) is 22.1. The van der Waals surface area contributed by atoms with E-state index in [4.69, 9.17) is 0 Å². The highest BCUT2D eigenvalue weighted by molar-refractivity contribution is 7.99. The van der Waals surface area contributed by atoms with Crippen LogP contribution in [0.5, 0.6) is 0 Å². The molecule has 0 bridgehead atoms. The van der Waals surface area contributed by atoms with Crippen LogP contribution < -0.4 is 16.0 Å². The van der Waals surface area contributed by atoms with Gasteiger partial charge in [-0.25, -0.2) is 4.68 Å². The summed E-state index contributed by atoms with van der Waals surface area (Å²) >= 11 is 0.320. The molecule has 1 fully saturated rings. The van der Waals surface area contributed by atoms with Gasteiger partial charge in [-0.15, -0.1) is 0 Å². The molecule has 2 atom stereocenters. The molecule has 1 aromatic heterocycles. The number of anilines is 1. The van der Waals surface area contributed by atoms with Crippen LogP contribution in [-0.4, -0.2) is 33.4 Å². The SMILES string of the molecule is CC1CC(=O)NC(n2nc(C(C)(C)C)cc2NC(=O)c2ccccc2SC(F)F)N1. The van der Waals surface area contributed by atoms with E-state index in [-0.39, 0.29) is 27.8 Å². The summed E-state index contributed by atoms with van der Waals surface area (Å²) in [7, 11) is 0. The molecule has 2 amide bonds. The lowest BCUT2D eigenvalue weighted by Crippen LogP contribution is -2.52. The number of rotatable bonds is 5. The Kier molecular flexibility index (Phi) is 6.47. The predicted molar refractivity (Wildman–Crippen MR) is 112 cm³/mol. The van der Waals surface area contributed by atoms with Gasteiger partial charge in [0.2, 0.25) is 5.91 Å². The number of benzene rings is 1. The summed E-state index contributed by atoms with van der Waals surface area (Å²) in [5, 5.41) is 13.4. The quantitative estimate of drug-likeness (QED) is 0.621. The minimum absolute atomic E-state index is 0.0715. The highest BCUT2D eigenvalue weighted by Gasteiger charge is 2.29. The van der Waals surface area contributed by atoms with Gasteiger partial charge in [0.15, 0.2) is 6.29 Å². The maximum Gasteiger partial charge on any atom is 0.288 e. The Morgan fingerprint density at radius 2 is 2.03 bits per heavy atom. The summed E-state index contributed by atoms with van der Waals surface area (Å²) in [4.78, 5) is 25.1. The fraction of sp³-hybridized carbons (Fsp3) is 0.450. The molecular formula is C20H25F2N5O2S. The molecule has 30 heavy (non-hydrogen) atoms. The van der Waals surface area contributed by atoms with Crippen LogP contribution in [-0.2, 0) is 10.2 Å². The van der Waals surface area contributed by atoms with Gasteiger partial charge < -0.3 is 10.6 Å². The first kappa shape index (κ1) is 22.2. The molecule has 3 rings (SSSR count). The van der Waals surface area contributed by atoms with Crippen molar-refractivity contribution in [3.63, 3.8) is 0 Å². The van der Waals surface area contributed by atoms with Gasteiger partial charge in [-0.3, -0.25) is 14.9 Å². The van der Waals surface area contributed by atoms with E-state index >= 15 is 0 Å². The Hall–Kier alpha value is -2.46. The van der Waals surface area contributed by atoms with Crippen LogP contribution in [0.25, 0.3) is 0 Å². The van der Waals surface area contributed by atoms with Crippen molar-refractivity contribution in [2.45, 2.75) is 62.5 Å². The van der Waals surface area contributed by atoms with E-state index < -0.39 is 18.0 Å². The standard InChI is InChI=1S/C20H25F2N5O2S/c1-11-9-16(28)25-19(23-11)27-15(10-14(26-27)20(2,3)4)24-17(29)12-7-5-6-8-13(12)30-18(21)22/h5-8,10-11,18-19,23H,9H2,1-4H3,(H,24,29)(H,25,28). The molecule has 2 heterocycles. The first-order chi connectivity index (χ1) is 14.0. The molecular weight excluding hydrogens is 412 g/mol. The fourth-order valence-electron chi connectivity index (χ4n) is 3.08.